The zero-order valence-electron chi connectivity index (χ0n) is 12.7. The van der Waals surface area contributed by atoms with Crippen LogP contribution in [0.1, 0.15) is 20.1 Å². The summed E-state index contributed by atoms with van der Waals surface area (Å²) in [7, 11) is 0. The smallest absolute Gasteiger partial charge is 0.265 e. The summed E-state index contributed by atoms with van der Waals surface area (Å²) in [5, 5.41) is 4.94. The summed E-state index contributed by atoms with van der Waals surface area (Å²) in [5.41, 5.74) is 9.37. The van der Waals surface area contributed by atoms with E-state index in [1.807, 2.05) is 42.6 Å². The molecule has 0 aliphatic carbocycles. The molecule has 3 rings (SSSR count). The largest absolute Gasteiger partial charge is 0.396 e. The van der Waals surface area contributed by atoms with Gasteiger partial charge in [0.2, 0.25) is 0 Å². The van der Waals surface area contributed by atoms with Crippen molar-refractivity contribution < 1.29 is 4.79 Å². The van der Waals surface area contributed by atoms with E-state index in [9.17, 15) is 4.79 Å². The van der Waals surface area contributed by atoms with Crippen LogP contribution in [-0.2, 0) is 6.42 Å². The van der Waals surface area contributed by atoms with Gasteiger partial charge in [-0.3, -0.25) is 4.79 Å². The van der Waals surface area contributed by atoms with Crippen LogP contribution in [0, 0.1) is 6.92 Å². The molecule has 0 radical (unpaired) electrons. The SMILES string of the molecule is Cc1ccc(-c2nsc(C(=O)NCCc3cccs3)c2N)cc1. The Labute approximate surface area is 143 Å². The number of aryl methyl sites for hydroxylation is 1. The Bertz CT molecular complexity index is 792. The maximum absolute atomic E-state index is 12.3. The van der Waals surface area contributed by atoms with E-state index in [1.165, 1.54) is 10.4 Å². The molecule has 23 heavy (non-hydrogen) atoms. The summed E-state index contributed by atoms with van der Waals surface area (Å²) in [5.74, 6) is -0.157. The van der Waals surface area contributed by atoms with Gasteiger partial charge in [-0.2, -0.15) is 4.37 Å². The van der Waals surface area contributed by atoms with Crippen molar-refractivity contribution in [3.8, 4) is 11.3 Å². The van der Waals surface area contributed by atoms with Crippen molar-refractivity contribution in [1.29, 1.82) is 0 Å². The Morgan fingerprint density at radius 2 is 2.04 bits per heavy atom. The van der Waals surface area contributed by atoms with Crippen molar-refractivity contribution in [1.82, 2.24) is 9.69 Å². The van der Waals surface area contributed by atoms with Crippen LogP contribution >= 0.6 is 22.9 Å². The van der Waals surface area contributed by atoms with Gasteiger partial charge in [-0.05, 0) is 36.3 Å². The average Bonchev–Trinajstić information content (AvgIpc) is 3.18. The highest BCUT2D eigenvalue weighted by molar-refractivity contribution is 7.10. The Morgan fingerprint density at radius 3 is 2.74 bits per heavy atom. The van der Waals surface area contributed by atoms with Gasteiger partial charge < -0.3 is 11.1 Å². The first-order valence-corrected chi connectivity index (χ1v) is 8.93. The van der Waals surface area contributed by atoms with Gasteiger partial charge in [0, 0.05) is 17.0 Å². The number of nitrogens with two attached hydrogens (primary N) is 1. The molecular formula is C17H17N3OS2. The summed E-state index contributed by atoms with van der Waals surface area (Å²) in [6.07, 6.45) is 0.826. The number of aromatic nitrogens is 1. The second kappa shape index (κ2) is 6.93. The molecule has 0 saturated heterocycles. The number of nitrogens with one attached hydrogen (secondary N) is 1. The van der Waals surface area contributed by atoms with Gasteiger partial charge >= 0.3 is 0 Å². The number of thiophene rings is 1. The minimum absolute atomic E-state index is 0.157. The average molecular weight is 343 g/mol. The number of benzene rings is 1. The lowest BCUT2D eigenvalue weighted by Gasteiger charge is -2.04. The van der Waals surface area contributed by atoms with Gasteiger partial charge in [0.15, 0.2) is 0 Å². The lowest BCUT2D eigenvalue weighted by molar-refractivity contribution is 0.0959. The number of carbonyl (C=O) groups excluding carboxylic acids is 1. The third kappa shape index (κ3) is 3.60. The molecule has 2 heterocycles. The summed E-state index contributed by atoms with van der Waals surface area (Å²) in [4.78, 5) is 14.0. The molecule has 3 aromatic rings. The summed E-state index contributed by atoms with van der Waals surface area (Å²) in [6.45, 7) is 2.62. The second-order valence-electron chi connectivity index (χ2n) is 5.23. The van der Waals surface area contributed by atoms with E-state index in [0.29, 0.717) is 22.8 Å². The van der Waals surface area contributed by atoms with Crippen LogP contribution in [0.5, 0.6) is 0 Å². The van der Waals surface area contributed by atoms with E-state index in [1.54, 1.807) is 11.3 Å². The Hall–Kier alpha value is -2.18. The molecule has 0 fully saturated rings. The fraction of sp³-hybridized carbons (Fsp3) is 0.176. The zero-order valence-corrected chi connectivity index (χ0v) is 14.3. The van der Waals surface area contributed by atoms with Crippen molar-refractivity contribution in [3.05, 3.63) is 57.1 Å². The lowest BCUT2D eigenvalue weighted by Crippen LogP contribution is -2.25. The first kappa shape index (κ1) is 15.7. The normalized spacial score (nSPS) is 10.7. The van der Waals surface area contributed by atoms with Crippen LogP contribution in [0.4, 0.5) is 5.69 Å². The second-order valence-corrected chi connectivity index (χ2v) is 7.03. The third-order valence-electron chi connectivity index (χ3n) is 3.50. The van der Waals surface area contributed by atoms with Gasteiger partial charge in [0.25, 0.3) is 5.91 Å². The first-order chi connectivity index (χ1) is 11.1. The molecule has 0 atom stereocenters. The van der Waals surface area contributed by atoms with Crippen LogP contribution in [0.25, 0.3) is 11.3 Å². The van der Waals surface area contributed by atoms with E-state index < -0.39 is 0 Å². The number of anilines is 1. The number of nitrogens with zero attached hydrogens (tertiary/aromatic N) is 1. The maximum Gasteiger partial charge on any atom is 0.265 e. The number of nitrogen functional groups attached to an aromatic ring is 1. The van der Waals surface area contributed by atoms with E-state index >= 15 is 0 Å². The molecule has 0 saturated carbocycles. The number of hydrogen-bond donors (Lipinski definition) is 2. The minimum Gasteiger partial charge on any atom is -0.396 e. The molecule has 0 bridgehead atoms. The van der Waals surface area contributed by atoms with E-state index in [2.05, 4.69) is 15.8 Å². The number of amides is 1. The first-order valence-electron chi connectivity index (χ1n) is 7.28. The van der Waals surface area contributed by atoms with E-state index in [4.69, 9.17) is 5.73 Å². The fourth-order valence-corrected chi connectivity index (χ4v) is 3.66. The van der Waals surface area contributed by atoms with Crippen LogP contribution < -0.4 is 11.1 Å². The van der Waals surface area contributed by atoms with Crippen molar-refractivity contribution in [2.24, 2.45) is 0 Å². The highest BCUT2D eigenvalue weighted by Gasteiger charge is 2.18. The molecule has 4 nitrogen and oxygen atoms in total. The fourth-order valence-electron chi connectivity index (χ4n) is 2.21. The monoisotopic (exact) mass is 343 g/mol. The van der Waals surface area contributed by atoms with Crippen LogP contribution in [0.15, 0.2) is 41.8 Å². The van der Waals surface area contributed by atoms with Gasteiger partial charge in [-0.1, -0.05) is 35.9 Å². The molecular weight excluding hydrogens is 326 g/mol. The number of carbonyl (C=O) groups is 1. The molecule has 6 heteroatoms. The number of hydrogen-bond acceptors (Lipinski definition) is 5. The van der Waals surface area contributed by atoms with Crippen LogP contribution in [0.2, 0.25) is 0 Å². The highest BCUT2D eigenvalue weighted by Crippen LogP contribution is 2.30. The van der Waals surface area contributed by atoms with E-state index in [-0.39, 0.29) is 5.91 Å². The molecule has 1 amide bonds. The maximum atomic E-state index is 12.3. The molecule has 0 aliphatic heterocycles. The molecule has 0 unspecified atom stereocenters. The van der Waals surface area contributed by atoms with E-state index in [0.717, 1.165) is 23.5 Å². The topological polar surface area (TPSA) is 68.0 Å². The lowest BCUT2D eigenvalue weighted by atomic mass is 10.1. The predicted molar refractivity (Wildman–Crippen MR) is 97.1 cm³/mol. The molecule has 118 valence electrons. The third-order valence-corrected chi connectivity index (χ3v) is 5.29. The quantitative estimate of drug-likeness (QED) is 0.741. The Morgan fingerprint density at radius 1 is 1.26 bits per heavy atom. The van der Waals surface area contributed by atoms with Crippen molar-refractivity contribution in [2.75, 3.05) is 12.3 Å². The van der Waals surface area contributed by atoms with Crippen molar-refractivity contribution in [3.63, 3.8) is 0 Å². The molecule has 3 N–H and O–H groups in total. The molecule has 0 aliphatic rings. The van der Waals surface area contributed by atoms with Crippen LogP contribution in [-0.4, -0.2) is 16.8 Å². The zero-order chi connectivity index (χ0) is 16.2. The minimum atomic E-state index is -0.157. The van der Waals surface area contributed by atoms with Gasteiger partial charge in [-0.15, -0.1) is 11.3 Å². The molecule has 1 aromatic carbocycles. The van der Waals surface area contributed by atoms with Crippen molar-refractivity contribution >= 4 is 34.5 Å². The van der Waals surface area contributed by atoms with Crippen molar-refractivity contribution in [2.45, 2.75) is 13.3 Å². The number of rotatable bonds is 5. The van der Waals surface area contributed by atoms with Gasteiger partial charge in [0.05, 0.1) is 5.69 Å². The molecule has 0 spiro atoms. The summed E-state index contributed by atoms with van der Waals surface area (Å²) in [6, 6.07) is 12.0. The Kier molecular flexibility index (Phi) is 4.73. The summed E-state index contributed by atoms with van der Waals surface area (Å²) < 4.78 is 4.35. The Balaban J connectivity index is 1.68. The summed E-state index contributed by atoms with van der Waals surface area (Å²) >= 11 is 2.84. The predicted octanol–water partition coefficient (Wildman–Crippen LogP) is 3.73. The van der Waals surface area contributed by atoms with Crippen LogP contribution in [0.3, 0.4) is 0 Å². The molecule has 2 aromatic heterocycles. The van der Waals surface area contributed by atoms with Gasteiger partial charge in [0.1, 0.15) is 10.6 Å². The highest BCUT2D eigenvalue weighted by atomic mass is 32.1. The standard InChI is InChI=1S/C17H17N3OS2/c1-11-4-6-12(7-5-11)15-14(18)16(23-20-15)17(21)19-9-8-13-3-2-10-22-13/h2-7,10H,8-9,18H2,1H3,(H,19,21). The van der Waals surface area contributed by atoms with Gasteiger partial charge in [-0.25, -0.2) is 0 Å².